The third-order valence-corrected chi connectivity index (χ3v) is 4.78. The van der Waals surface area contributed by atoms with Gasteiger partial charge in [0.2, 0.25) is 0 Å². The van der Waals surface area contributed by atoms with E-state index in [4.69, 9.17) is 5.11 Å². The Bertz CT molecular complexity index is 441. The third-order valence-electron chi connectivity index (χ3n) is 4.78. The van der Waals surface area contributed by atoms with Crippen molar-refractivity contribution in [1.82, 2.24) is 9.78 Å². The SMILES string of the molecule is CC[C@H](C)[C@@H]1CCCCC1C(=O)c1cnn(CCO)c1. The van der Waals surface area contributed by atoms with Crippen molar-refractivity contribution in [3.8, 4) is 0 Å². The first-order valence-corrected chi connectivity index (χ1v) is 7.84. The lowest BCUT2D eigenvalue weighted by molar-refractivity contribution is 0.0762. The van der Waals surface area contributed by atoms with Gasteiger partial charge in [-0.15, -0.1) is 0 Å². The van der Waals surface area contributed by atoms with Gasteiger partial charge in [0.25, 0.3) is 0 Å². The quantitative estimate of drug-likeness (QED) is 0.814. The van der Waals surface area contributed by atoms with E-state index in [-0.39, 0.29) is 18.3 Å². The van der Waals surface area contributed by atoms with E-state index in [2.05, 4.69) is 18.9 Å². The van der Waals surface area contributed by atoms with Gasteiger partial charge in [0, 0.05) is 12.1 Å². The van der Waals surface area contributed by atoms with Crippen molar-refractivity contribution in [2.75, 3.05) is 6.61 Å². The molecule has 1 aromatic rings. The normalized spacial score (nSPS) is 24.6. The standard InChI is InChI=1S/C16H26N2O2/c1-3-12(2)14-6-4-5-7-15(14)16(20)13-10-17-18(11-13)8-9-19/h10-12,14-15,19H,3-9H2,1-2H3/t12-,14-,15?/m0/s1. The molecule has 1 aromatic heterocycles. The Hall–Kier alpha value is -1.16. The molecule has 0 aliphatic heterocycles. The number of hydrogen-bond acceptors (Lipinski definition) is 3. The number of hydrogen-bond donors (Lipinski definition) is 1. The summed E-state index contributed by atoms with van der Waals surface area (Å²) in [5, 5.41) is 13.1. The van der Waals surface area contributed by atoms with Gasteiger partial charge in [0.05, 0.1) is 24.9 Å². The molecule has 2 rings (SSSR count). The van der Waals surface area contributed by atoms with E-state index in [0.29, 0.717) is 23.9 Å². The average molecular weight is 278 g/mol. The Morgan fingerprint density at radius 1 is 1.50 bits per heavy atom. The predicted octanol–water partition coefficient (Wildman–Crippen LogP) is 2.91. The van der Waals surface area contributed by atoms with Crippen molar-refractivity contribution < 1.29 is 9.90 Å². The van der Waals surface area contributed by atoms with Crippen LogP contribution in [0.1, 0.15) is 56.3 Å². The second kappa shape index (κ2) is 7.02. The lowest BCUT2D eigenvalue weighted by atomic mass is 9.70. The maximum absolute atomic E-state index is 12.7. The van der Waals surface area contributed by atoms with Gasteiger partial charge < -0.3 is 5.11 Å². The lowest BCUT2D eigenvalue weighted by Crippen LogP contribution is -2.31. The zero-order valence-corrected chi connectivity index (χ0v) is 12.6. The second-order valence-corrected chi connectivity index (χ2v) is 6.02. The number of aliphatic hydroxyl groups is 1. The van der Waals surface area contributed by atoms with Crippen LogP contribution >= 0.6 is 0 Å². The molecule has 4 heteroatoms. The number of Topliss-reactive ketones (excluding diaryl/α,β-unsaturated/α-hetero) is 1. The Morgan fingerprint density at radius 3 is 2.95 bits per heavy atom. The van der Waals surface area contributed by atoms with E-state index in [0.717, 1.165) is 19.3 Å². The fourth-order valence-electron chi connectivity index (χ4n) is 3.40. The number of carbonyl (C=O) groups excluding carboxylic acids is 1. The van der Waals surface area contributed by atoms with Gasteiger partial charge in [-0.25, -0.2) is 0 Å². The average Bonchev–Trinajstić information content (AvgIpc) is 2.94. The summed E-state index contributed by atoms with van der Waals surface area (Å²) in [5.41, 5.74) is 0.707. The van der Waals surface area contributed by atoms with Gasteiger partial charge in [0.1, 0.15) is 0 Å². The molecule has 1 aliphatic rings. The summed E-state index contributed by atoms with van der Waals surface area (Å²) in [5.74, 6) is 1.53. The van der Waals surface area contributed by atoms with E-state index in [1.807, 2.05) is 0 Å². The second-order valence-electron chi connectivity index (χ2n) is 6.02. The Balaban J connectivity index is 2.12. The van der Waals surface area contributed by atoms with Crippen molar-refractivity contribution in [3.63, 3.8) is 0 Å². The van der Waals surface area contributed by atoms with Crippen molar-refractivity contribution >= 4 is 5.78 Å². The summed E-state index contributed by atoms with van der Waals surface area (Å²) >= 11 is 0. The molecule has 1 fully saturated rings. The van der Waals surface area contributed by atoms with Crippen LogP contribution in [0.2, 0.25) is 0 Å². The molecule has 20 heavy (non-hydrogen) atoms. The highest BCUT2D eigenvalue weighted by atomic mass is 16.3. The molecule has 0 amide bonds. The molecule has 112 valence electrons. The van der Waals surface area contributed by atoms with Gasteiger partial charge in [-0.2, -0.15) is 5.10 Å². The molecule has 0 aromatic carbocycles. The lowest BCUT2D eigenvalue weighted by Gasteiger charge is -2.34. The maximum atomic E-state index is 12.7. The van der Waals surface area contributed by atoms with Gasteiger partial charge in [-0.3, -0.25) is 9.48 Å². The largest absolute Gasteiger partial charge is 0.394 e. The zero-order chi connectivity index (χ0) is 14.5. The van der Waals surface area contributed by atoms with Crippen molar-refractivity contribution in [2.24, 2.45) is 17.8 Å². The summed E-state index contributed by atoms with van der Waals surface area (Å²) in [6.07, 6.45) is 9.17. The van der Waals surface area contributed by atoms with Crippen molar-refractivity contribution in [3.05, 3.63) is 18.0 Å². The molecule has 3 atom stereocenters. The molecular formula is C16H26N2O2. The number of carbonyl (C=O) groups is 1. The van der Waals surface area contributed by atoms with Gasteiger partial charge in [-0.1, -0.05) is 33.1 Å². The number of aliphatic hydroxyl groups excluding tert-OH is 1. The Labute approximate surface area is 121 Å². The van der Waals surface area contributed by atoms with E-state index >= 15 is 0 Å². The van der Waals surface area contributed by atoms with E-state index < -0.39 is 0 Å². The number of rotatable bonds is 6. The Kier molecular flexibility index (Phi) is 5.35. The summed E-state index contributed by atoms with van der Waals surface area (Å²) in [7, 11) is 0. The third kappa shape index (κ3) is 3.29. The van der Waals surface area contributed by atoms with E-state index in [1.54, 1.807) is 17.1 Å². The smallest absolute Gasteiger partial charge is 0.169 e. The predicted molar refractivity (Wildman–Crippen MR) is 78.5 cm³/mol. The zero-order valence-electron chi connectivity index (χ0n) is 12.6. The minimum absolute atomic E-state index is 0.0498. The van der Waals surface area contributed by atoms with Crippen LogP contribution in [-0.4, -0.2) is 27.3 Å². The molecule has 1 unspecified atom stereocenters. The van der Waals surface area contributed by atoms with Crippen LogP contribution in [0.3, 0.4) is 0 Å². The van der Waals surface area contributed by atoms with Gasteiger partial charge in [-0.05, 0) is 24.7 Å². The van der Waals surface area contributed by atoms with Crippen LogP contribution in [0.15, 0.2) is 12.4 Å². The van der Waals surface area contributed by atoms with Crippen LogP contribution < -0.4 is 0 Å². The molecule has 1 aliphatic carbocycles. The van der Waals surface area contributed by atoms with E-state index in [9.17, 15) is 4.79 Å². The highest BCUT2D eigenvalue weighted by Crippen LogP contribution is 2.38. The van der Waals surface area contributed by atoms with Crippen molar-refractivity contribution in [1.29, 1.82) is 0 Å². The highest BCUT2D eigenvalue weighted by Gasteiger charge is 2.34. The van der Waals surface area contributed by atoms with Crippen LogP contribution in [0, 0.1) is 17.8 Å². The summed E-state index contributed by atoms with van der Waals surface area (Å²) < 4.78 is 1.65. The van der Waals surface area contributed by atoms with Crippen LogP contribution in [0.25, 0.3) is 0 Å². The topological polar surface area (TPSA) is 55.1 Å². The van der Waals surface area contributed by atoms with Crippen LogP contribution in [0.4, 0.5) is 0 Å². The summed E-state index contributed by atoms with van der Waals surface area (Å²) in [6, 6.07) is 0. The molecule has 1 N–H and O–H groups in total. The Morgan fingerprint density at radius 2 is 2.25 bits per heavy atom. The van der Waals surface area contributed by atoms with Gasteiger partial charge >= 0.3 is 0 Å². The number of nitrogens with zero attached hydrogens (tertiary/aromatic N) is 2. The first kappa shape index (κ1) is 15.2. The van der Waals surface area contributed by atoms with E-state index in [1.165, 1.54) is 12.8 Å². The minimum Gasteiger partial charge on any atom is -0.394 e. The van der Waals surface area contributed by atoms with Gasteiger partial charge in [0.15, 0.2) is 5.78 Å². The first-order chi connectivity index (χ1) is 9.67. The molecule has 0 spiro atoms. The highest BCUT2D eigenvalue weighted by molar-refractivity contribution is 5.97. The fraction of sp³-hybridized carbons (Fsp3) is 0.750. The summed E-state index contributed by atoms with van der Waals surface area (Å²) in [6.45, 7) is 4.98. The maximum Gasteiger partial charge on any atom is 0.169 e. The number of ketones is 1. The summed E-state index contributed by atoms with van der Waals surface area (Å²) in [4.78, 5) is 12.7. The van der Waals surface area contributed by atoms with Crippen LogP contribution in [-0.2, 0) is 6.54 Å². The van der Waals surface area contributed by atoms with Crippen molar-refractivity contribution in [2.45, 2.75) is 52.5 Å². The number of aromatic nitrogens is 2. The molecule has 0 saturated heterocycles. The molecule has 1 heterocycles. The molecule has 0 bridgehead atoms. The molecular weight excluding hydrogens is 252 g/mol. The monoisotopic (exact) mass is 278 g/mol. The fourth-order valence-corrected chi connectivity index (χ4v) is 3.40. The van der Waals surface area contributed by atoms with Crippen LogP contribution in [0.5, 0.6) is 0 Å². The molecule has 1 saturated carbocycles. The molecule has 4 nitrogen and oxygen atoms in total. The molecule has 0 radical (unpaired) electrons. The first-order valence-electron chi connectivity index (χ1n) is 7.84. The minimum atomic E-state index is 0.0498.